The second-order valence-electron chi connectivity index (χ2n) is 4.02. The monoisotopic (exact) mass is 200 g/mol. The second-order valence-corrected chi connectivity index (χ2v) is 4.02. The van der Waals surface area contributed by atoms with Gasteiger partial charge in [0, 0.05) is 11.6 Å². The zero-order chi connectivity index (χ0) is 10.3. The third-order valence-electron chi connectivity index (χ3n) is 2.75. The van der Waals surface area contributed by atoms with Crippen molar-refractivity contribution >= 4 is 5.82 Å². The maximum Gasteiger partial charge on any atom is 0.169 e. The lowest BCUT2D eigenvalue weighted by Gasteiger charge is -2.00. The zero-order valence-corrected chi connectivity index (χ0v) is 8.31. The Balaban J connectivity index is 2.00. The van der Waals surface area contributed by atoms with Gasteiger partial charge in [0.2, 0.25) is 0 Å². The van der Waals surface area contributed by atoms with E-state index >= 15 is 0 Å². The molecule has 0 spiro atoms. The SMILES string of the molecule is Nc1cc(-c2cccc(C3CC3)c2)on1. The Labute approximate surface area is 87.9 Å². The van der Waals surface area contributed by atoms with Crippen molar-refractivity contribution < 1.29 is 4.52 Å². The third-order valence-corrected chi connectivity index (χ3v) is 2.75. The summed E-state index contributed by atoms with van der Waals surface area (Å²) in [5, 5.41) is 3.69. The first-order valence-corrected chi connectivity index (χ1v) is 5.15. The van der Waals surface area contributed by atoms with Crippen molar-refractivity contribution in [3.63, 3.8) is 0 Å². The number of benzene rings is 1. The first-order valence-electron chi connectivity index (χ1n) is 5.15. The summed E-state index contributed by atoms with van der Waals surface area (Å²) < 4.78 is 5.13. The molecular formula is C12H12N2O. The summed E-state index contributed by atoms with van der Waals surface area (Å²) in [7, 11) is 0. The van der Waals surface area contributed by atoms with Crippen LogP contribution >= 0.6 is 0 Å². The zero-order valence-electron chi connectivity index (χ0n) is 8.31. The van der Waals surface area contributed by atoms with Gasteiger partial charge in [-0.2, -0.15) is 0 Å². The number of nitrogens with two attached hydrogens (primary N) is 1. The van der Waals surface area contributed by atoms with Gasteiger partial charge < -0.3 is 10.3 Å². The molecule has 1 saturated carbocycles. The molecule has 1 aromatic heterocycles. The first kappa shape index (κ1) is 8.53. The van der Waals surface area contributed by atoms with E-state index in [9.17, 15) is 0 Å². The molecule has 0 radical (unpaired) electrons. The van der Waals surface area contributed by atoms with Crippen LogP contribution in [-0.4, -0.2) is 5.16 Å². The highest BCUT2D eigenvalue weighted by Gasteiger charge is 2.23. The highest BCUT2D eigenvalue weighted by atomic mass is 16.5. The third kappa shape index (κ3) is 1.61. The molecule has 1 aliphatic carbocycles. The van der Waals surface area contributed by atoms with Crippen LogP contribution in [0.1, 0.15) is 24.3 Å². The lowest BCUT2D eigenvalue weighted by molar-refractivity contribution is 0.436. The molecule has 76 valence electrons. The van der Waals surface area contributed by atoms with Crippen LogP contribution in [0.5, 0.6) is 0 Å². The highest BCUT2D eigenvalue weighted by molar-refractivity contribution is 5.61. The van der Waals surface area contributed by atoms with E-state index in [1.807, 2.05) is 6.07 Å². The Hall–Kier alpha value is -1.77. The maximum atomic E-state index is 5.52. The fourth-order valence-electron chi connectivity index (χ4n) is 1.79. The highest BCUT2D eigenvalue weighted by Crippen LogP contribution is 2.41. The molecule has 0 aliphatic heterocycles. The summed E-state index contributed by atoms with van der Waals surface area (Å²) >= 11 is 0. The first-order chi connectivity index (χ1) is 7.33. The van der Waals surface area contributed by atoms with Crippen molar-refractivity contribution in [2.75, 3.05) is 5.73 Å². The lowest BCUT2D eigenvalue weighted by Crippen LogP contribution is -1.81. The van der Waals surface area contributed by atoms with Gasteiger partial charge in [0.05, 0.1) is 0 Å². The van der Waals surface area contributed by atoms with E-state index in [-0.39, 0.29) is 0 Å². The van der Waals surface area contributed by atoms with E-state index < -0.39 is 0 Å². The van der Waals surface area contributed by atoms with Crippen LogP contribution in [0.15, 0.2) is 34.9 Å². The van der Waals surface area contributed by atoms with Crippen molar-refractivity contribution in [1.82, 2.24) is 5.16 Å². The Kier molecular flexibility index (Phi) is 1.78. The van der Waals surface area contributed by atoms with E-state index in [2.05, 4.69) is 23.4 Å². The van der Waals surface area contributed by atoms with Gasteiger partial charge in [-0.25, -0.2) is 0 Å². The Bertz CT molecular complexity index is 486. The van der Waals surface area contributed by atoms with Crippen LogP contribution in [0.2, 0.25) is 0 Å². The number of hydrogen-bond donors (Lipinski definition) is 1. The second kappa shape index (κ2) is 3.12. The van der Waals surface area contributed by atoms with Gasteiger partial charge in [-0.15, -0.1) is 0 Å². The molecule has 0 unspecified atom stereocenters. The molecule has 0 amide bonds. The van der Waals surface area contributed by atoms with Crippen molar-refractivity contribution in [3.05, 3.63) is 35.9 Å². The molecule has 1 heterocycles. The number of hydrogen-bond acceptors (Lipinski definition) is 3. The molecule has 1 aliphatic rings. The summed E-state index contributed by atoms with van der Waals surface area (Å²) in [5.74, 6) is 1.93. The minimum absolute atomic E-state index is 0.432. The summed E-state index contributed by atoms with van der Waals surface area (Å²) in [6.07, 6.45) is 2.62. The smallest absolute Gasteiger partial charge is 0.169 e. The van der Waals surface area contributed by atoms with Crippen molar-refractivity contribution in [3.8, 4) is 11.3 Å². The molecule has 0 saturated heterocycles. The quantitative estimate of drug-likeness (QED) is 0.810. The maximum absolute atomic E-state index is 5.52. The van der Waals surface area contributed by atoms with Gasteiger partial charge >= 0.3 is 0 Å². The summed E-state index contributed by atoms with van der Waals surface area (Å²) in [6.45, 7) is 0. The van der Waals surface area contributed by atoms with Crippen LogP contribution in [0.3, 0.4) is 0 Å². The van der Waals surface area contributed by atoms with Crippen LogP contribution in [0, 0.1) is 0 Å². The minimum Gasteiger partial charge on any atom is -0.381 e. The molecule has 3 rings (SSSR count). The Morgan fingerprint density at radius 1 is 1.27 bits per heavy atom. The largest absolute Gasteiger partial charge is 0.381 e. The van der Waals surface area contributed by atoms with Crippen LogP contribution in [0.4, 0.5) is 5.82 Å². The van der Waals surface area contributed by atoms with Crippen LogP contribution < -0.4 is 5.73 Å². The molecule has 3 nitrogen and oxygen atoms in total. The average Bonchev–Trinajstić information content (AvgIpc) is 3.02. The Morgan fingerprint density at radius 2 is 2.13 bits per heavy atom. The van der Waals surface area contributed by atoms with E-state index in [0.29, 0.717) is 5.82 Å². The standard InChI is InChI=1S/C12H12N2O/c13-12-7-11(15-14-12)10-3-1-2-9(6-10)8-4-5-8/h1-3,6-8H,4-5H2,(H2,13,14). The van der Waals surface area contributed by atoms with Crippen LogP contribution in [0.25, 0.3) is 11.3 Å². The molecule has 2 aromatic rings. The van der Waals surface area contributed by atoms with Gasteiger partial charge in [0.1, 0.15) is 0 Å². The van der Waals surface area contributed by atoms with E-state index in [1.54, 1.807) is 6.07 Å². The number of nitrogens with zero attached hydrogens (tertiary/aromatic N) is 1. The van der Waals surface area contributed by atoms with Crippen molar-refractivity contribution in [2.45, 2.75) is 18.8 Å². The lowest BCUT2D eigenvalue weighted by atomic mass is 10.1. The average molecular weight is 200 g/mol. The number of aromatic nitrogens is 1. The number of rotatable bonds is 2. The predicted molar refractivity (Wildman–Crippen MR) is 58.3 cm³/mol. The predicted octanol–water partition coefficient (Wildman–Crippen LogP) is 2.80. The van der Waals surface area contributed by atoms with Gasteiger partial charge in [0.25, 0.3) is 0 Å². The van der Waals surface area contributed by atoms with Gasteiger partial charge in [0.15, 0.2) is 11.6 Å². The van der Waals surface area contributed by atoms with Crippen molar-refractivity contribution in [1.29, 1.82) is 0 Å². The summed E-state index contributed by atoms with van der Waals surface area (Å²) in [4.78, 5) is 0. The van der Waals surface area contributed by atoms with E-state index in [1.165, 1.54) is 18.4 Å². The topological polar surface area (TPSA) is 52.0 Å². The molecule has 15 heavy (non-hydrogen) atoms. The fraction of sp³-hybridized carbons (Fsp3) is 0.250. The van der Waals surface area contributed by atoms with E-state index in [4.69, 9.17) is 10.3 Å². The van der Waals surface area contributed by atoms with Gasteiger partial charge in [-0.05, 0) is 30.4 Å². The molecule has 0 atom stereocenters. The molecular weight excluding hydrogens is 188 g/mol. The summed E-state index contributed by atoms with van der Waals surface area (Å²) in [5.41, 5.74) is 7.97. The van der Waals surface area contributed by atoms with Gasteiger partial charge in [-0.3, -0.25) is 0 Å². The molecule has 3 heteroatoms. The molecule has 2 N–H and O–H groups in total. The van der Waals surface area contributed by atoms with Gasteiger partial charge in [-0.1, -0.05) is 23.4 Å². The Morgan fingerprint density at radius 3 is 2.80 bits per heavy atom. The normalized spacial score (nSPS) is 15.5. The van der Waals surface area contributed by atoms with E-state index in [0.717, 1.165) is 17.2 Å². The fourth-order valence-corrected chi connectivity index (χ4v) is 1.79. The summed E-state index contributed by atoms with van der Waals surface area (Å²) in [6, 6.07) is 10.2. The number of nitrogen functional groups attached to an aromatic ring is 1. The molecule has 1 aromatic carbocycles. The number of anilines is 1. The molecule has 1 fully saturated rings. The van der Waals surface area contributed by atoms with Crippen LogP contribution in [-0.2, 0) is 0 Å². The molecule has 0 bridgehead atoms. The minimum atomic E-state index is 0.432. The van der Waals surface area contributed by atoms with Crippen molar-refractivity contribution in [2.24, 2.45) is 0 Å².